The Morgan fingerprint density at radius 3 is 2.28 bits per heavy atom. The molecule has 0 radical (unpaired) electrons. The second-order valence-corrected chi connectivity index (χ2v) is 7.61. The Morgan fingerprint density at radius 1 is 1.00 bits per heavy atom. The first kappa shape index (κ1) is 22.8. The quantitative estimate of drug-likeness (QED) is 0.399. The molecule has 0 spiro atoms. The van der Waals surface area contributed by atoms with E-state index in [1.54, 1.807) is 24.3 Å². The highest BCUT2D eigenvalue weighted by Crippen LogP contribution is 2.25. The number of nitrogens with two attached hydrogens (primary N) is 2. The summed E-state index contributed by atoms with van der Waals surface area (Å²) >= 11 is 0. The molecular weight excluding hydrogens is 362 g/mol. The van der Waals surface area contributed by atoms with Crippen molar-refractivity contribution in [2.75, 3.05) is 31.1 Å². The molecule has 158 valence electrons. The molecule has 0 bridgehead atoms. The number of ketones is 1. The first-order valence-electron chi connectivity index (χ1n) is 10.6. The first-order chi connectivity index (χ1) is 14.0. The van der Waals surface area contributed by atoms with Gasteiger partial charge in [-0.15, -0.1) is 0 Å². The average Bonchev–Trinajstić information content (AvgIpc) is 2.72. The van der Waals surface area contributed by atoms with Gasteiger partial charge in [-0.05, 0) is 63.2 Å². The molecule has 0 fully saturated rings. The van der Waals surface area contributed by atoms with Gasteiger partial charge in [0, 0.05) is 12.1 Å². The highest BCUT2D eigenvalue weighted by Gasteiger charge is 2.18. The summed E-state index contributed by atoms with van der Waals surface area (Å²) in [6.45, 7) is 9.49. The van der Waals surface area contributed by atoms with Crippen LogP contribution in [-0.2, 0) is 0 Å². The highest BCUT2D eigenvalue weighted by molar-refractivity contribution is 6.11. The van der Waals surface area contributed by atoms with Crippen molar-refractivity contribution in [2.45, 2.75) is 52.6 Å². The number of unbranched alkanes of at least 4 members (excludes halogenated alkanes) is 2. The number of hydrogen-bond donors (Lipinski definition) is 2. The molecule has 0 aliphatic heterocycles. The van der Waals surface area contributed by atoms with Crippen LogP contribution in [0.2, 0.25) is 0 Å². The molecule has 1 unspecified atom stereocenters. The Kier molecular flexibility index (Phi) is 9.00. The van der Waals surface area contributed by atoms with Gasteiger partial charge in [-0.2, -0.15) is 0 Å². The van der Waals surface area contributed by atoms with Crippen molar-refractivity contribution in [3.05, 3.63) is 53.6 Å². The van der Waals surface area contributed by atoms with Gasteiger partial charge in [0.15, 0.2) is 5.78 Å². The summed E-state index contributed by atoms with van der Waals surface area (Å²) in [5.41, 5.74) is 13.6. The second-order valence-electron chi connectivity index (χ2n) is 7.61. The fraction of sp³-hybridized carbons (Fsp3) is 0.458. The van der Waals surface area contributed by atoms with E-state index in [1.807, 2.05) is 18.2 Å². The van der Waals surface area contributed by atoms with Crippen LogP contribution in [0.5, 0.6) is 5.75 Å². The zero-order valence-electron chi connectivity index (χ0n) is 18.0. The van der Waals surface area contributed by atoms with Crippen molar-refractivity contribution in [1.29, 1.82) is 0 Å². The Bertz CT molecular complexity index is 783. The van der Waals surface area contributed by atoms with Gasteiger partial charge >= 0.3 is 0 Å². The summed E-state index contributed by atoms with van der Waals surface area (Å²) in [5.74, 6) is 0.486. The monoisotopic (exact) mass is 397 g/mol. The minimum Gasteiger partial charge on any atom is -0.489 e. The van der Waals surface area contributed by atoms with Gasteiger partial charge in [0.25, 0.3) is 0 Å². The van der Waals surface area contributed by atoms with E-state index in [1.165, 1.54) is 25.7 Å². The van der Waals surface area contributed by atoms with E-state index in [9.17, 15) is 4.79 Å². The molecule has 0 saturated carbocycles. The van der Waals surface area contributed by atoms with Gasteiger partial charge in [0.1, 0.15) is 11.9 Å². The number of nitrogens with zero attached hydrogens (tertiary/aromatic N) is 1. The lowest BCUT2D eigenvalue weighted by Gasteiger charge is -2.26. The van der Waals surface area contributed by atoms with Crippen molar-refractivity contribution in [2.24, 2.45) is 0 Å². The van der Waals surface area contributed by atoms with Gasteiger partial charge in [-0.3, -0.25) is 9.69 Å². The maximum absolute atomic E-state index is 13.0. The van der Waals surface area contributed by atoms with Gasteiger partial charge in [-0.1, -0.05) is 38.8 Å². The van der Waals surface area contributed by atoms with Crippen molar-refractivity contribution in [3.8, 4) is 5.75 Å². The number of carbonyl (C=O) groups is 1. The normalized spacial score (nSPS) is 12.1. The van der Waals surface area contributed by atoms with E-state index in [2.05, 4.69) is 25.7 Å². The highest BCUT2D eigenvalue weighted by atomic mass is 16.5. The van der Waals surface area contributed by atoms with Crippen molar-refractivity contribution in [3.63, 3.8) is 0 Å². The molecule has 0 aromatic heterocycles. The van der Waals surface area contributed by atoms with E-state index < -0.39 is 0 Å². The average molecular weight is 398 g/mol. The molecule has 0 saturated heterocycles. The number of anilines is 2. The van der Waals surface area contributed by atoms with Crippen LogP contribution in [0.25, 0.3) is 0 Å². The molecule has 0 heterocycles. The molecule has 0 aliphatic carbocycles. The summed E-state index contributed by atoms with van der Waals surface area (Å²) in [7, 11) is 0. The summed E-state index contributed by atoms with van der Waals surface area (Å²) in [6.07, 6.45) is 4.71. The van der Waals surface area contributed by atoms with Gasteiger partial charge in [0.2, 0.25) is 0 Å². The molecular formula is C24H35N3O2. The molecule has 29 heavy (non-hydrogen) atoms. The summed E-state index contributed by atoms with van der Waals surface area (Å²) in [4.78, 5) is 15.5. The molecule has 0 aliphatic rings. The van der Waals surface area contributed by atoms with E-state index in [4.69, 9.17) is 16.2 Å². The van der Waals surface area contributed by atoms with Crippen LogP contribution < -0.4 is 16.2 Å². The summed E-state index contributed by atoms with van der Waals surface area (Å²) in [6, 6.07) is 12.4. The molecule has 5 heteroatoms. The molecule has 2 aromatic carbocycles. The van der Waals surface area contributed by atoms with Crippen molar-refractivity contribution < 1.29 is 9.53 Å². The number of ether oxygens (including phenoxy) is 1. The van der Waals surface area contributed by atoms with E-state index in [-0.39, 0.29) is 11.9 Å². The number of benzene rings is 2. The van der Waals surface area contributed by atoms with Crippen LogP contribution in [0.4, 0.5) is 11.4 Å². The minimum atomic E-state index is -0.117. The smallest absolute Gasteiger partial charge is 0.196 e. The maximum Gasteiger partial charge on any atom is 0.196 e. The Labute approximate surface area is 175 Å². The summed E-state index contributed by atoms with van der Waals surface area (Å²) < 4.78 is 6.21. The number of carbonyl (C=O) groups excluding carboxylic acids is 1. The Balaban J connectivity index is 2.12. The van der Waals surface area contributed by atoms with E-state index in [0.717, 1.165) is 19.6 Å². The third-order valence-electron chi connectivity index (χ3n) is 4.98. The van der Waals surface area contributed by atoms with Crippen molar-refractivity contribution >= 4 is 17.2 Å². The van der Waals surface area contributed by atoms with Gasteiger partial charge in [-0.25, -0.2) is 0 Å². The largest absolute Gasteiger partial charge is 0.489 e. The lowest BCUT2D eigenvalue weighted by Crippen LogP contribution is -2.35. The van der Waals surface area contributed by atoms with Crippen LogP contribution in [0.1, 0.15) is 62.4 Å². The molecule has 1 atom stereocenters. The Morgan fingerprint density at radius 2 is 1.66 bits per heavy atom. The van der Waals surface area contributed by atoms with E-state index >= 15 is 0 Å². The van der Waals surface area contributed by atoms with Crippen LogP contribution in [0, 0.1) is 0 Å². The minimum absolute atomic E-state index is 0.0193. The second kappa shape index (κ2) is 11.5. The van der Waals surface area contributed by atoms with Crippen LogP contribution in [0.15, 0.2) is 42.5 Å². The first-order valence-corrected chi connectivity index (χ1v) is 10.6. The van der Waals surface area contributed by atoms with Crippen LogP contribution >= 0.6 is 0 Å². The van der Waals surface area contributed by atoms with Crippen LogP contribution in [0.3, 0.4) is 0 Å². The molecule has 5 nitrogen and oxygen atoms in total. The third kappa shape index (κ3) is 6.79. The van der Waals surface area contributed by atoms with E-state index in [0.29, 0.717) is 28.3 Å². The van der Waals surface area contributed by atoms with Gasteiger partial charge in [0.05, 0.1) is 16.9 Å². The molecule has 2 aromatic rings. The molecule has 4 N–H and O–H groups in total. The number of para-hydroxylation sites is 1. The van der Waals surface area contributed by atoms with Crippen LogP contribution in [-0.4, -0.2) is 36.4 Å². The zero-order chi connectivity index (χ0) is 21.2. The molecule has 0 amide bonds. The predicted molar refractivity (Wildman–Crippen MR) is 121 cm³/mol. The number of rotatable bonds is 12. The van der Waals surface area contributed by atoms with Gasteiger partial charge < -0.3 is 16.2 Å². The topological polar surface area (TPSA) is 81.6 Å². The number of hydrogen-bond acceptors (Lipinski definition) is 5. The molecule has 2 rings (SSSR count). The Hall–Kier alpha value is -2.53. The maximum atomic E-state index is 13.0. The number of nitrogen functional groups attached to an aromatic ring is 2. The summed E-state index contributed by atoms with van der Waals surface area (Å²) in [5, 5.41) is 0. The lowest BCUT2D eigenvalue weighted by atomic mass is 10.0. The fourth-order valence-corrected chi connectivity index (χ4v) is 3.30. The SMILES string of the molecule is CCCCN(CCCC)CC(C)Oc1ccccc1C(=O)c1ccc(N)c(N)c1. The lowest BCUT2D eigenvalue weighted by molar-refractivity contribution is 0.102. The third-order valence-corrected chi connectivity index (χ3v) is 4.98. The van der Waals surface area contributed by atoms with Crippen molar-refractivity contribution in [1.82, 2.24) is 4.90 Å². The zero-order valence-corrected chi connectivity index (χ0v) is 18.0. The fourth-order valence-electron chi connectivity index (χ4n) is 3.30. The standard InChI is InChI=1S/C24H35N3O2/c1-4-6-14-27(15-7-5-2)17-18(3)29-23-11-9-8-10-20(23)24(28)19-12-13-21(25)22(26)16-19/h8-13,16,18H,4-7,14-15,17,25-26H2,1-3H3. The predicted octanol–water partition coefficient (Wildman–Crippen LogP) is 4.75.